The van der Waals surface area contributed by atoms with Crippen molar-refractivity contribution in [3.8, 4) is 33.6 Å². The van der Waals surface area contributed by atoms with E-state index in [2.05, 4.69) is 133 Å². The second-order valence-corrected chi connectivity index (χ2v) is 11.4. The summed E-state index contributed by atoms with van der Waals surface area (Å²) >= 11 is 0. The van der Waals surface area contributed by atoms with Gasteiger partial charge in [0.15, 0.2) is 0 Å². The fraction of sp³-hybridized carbons (Fsp3) is 0. The minimum absolute atomic E-state index is 0.887. The van der Waals surface area contributed by atoms with Gasteiger partial charge in [0.1, 0.15) is 0 Å². The first-order valence-electron chi connectivity index (χ1n) is 15.0. The molecule has 0 atom stereocenters. The molecule has 204 valence electrons. The summed E-state index contributed by atoms with van der Waals surface area (Å²) in [6.45, 7) is 0. The average Bonchev–Trinajstić information content (AvgIpc) is 3.10. The molecule has 1 heterocycles. The van der Waals surface area contributed by atoms with Gasteiger partial charge in [-0.15, -0.1) is 0 Å². The van der Waals surface area contributed by atoms with Gasteiger partial charge in [0.25, 0.3) is 0 Å². The lowest BCUT2D eigenvalue weighted by Gasteiger charge is -2.13. The van der Waals surface area contributed by atoms with Crippen molar-refractivity contribution in [1.29, 1.82) is 0 Å². The standard InChI is InChI=1S/C42H26N2/c1-3-10-28(11-4-1)41-42(29-12-5-2-6-13-29)44-40-26-31(18-24-39(40)43-41)30-16-19-34-32(25-30)17-21-38-36(34)23-22-35-33-14-8-7-9-27(33)15-20-37(35)38/h1-26H. The van der Waals surface area contributed by atoms with Crippen molar-refractivity contribution in [2.24, 2.45) is 0 Å². The van der Waals surface area contributed by atoms with Gasteiger partial charge in [-0.05, 0) is 72.4 Å². The van der Waals surface area contributed by atoms with Crippen LogP contribution in [0.5, 0.6) is 0 Å². The van der Waals surface area contributed by atoms with Crippen molar-refractivity contribution in [2.75, 3.05) is 0 Å². The van der Waals surface area contributed by atoms with E-state index in [0.717, 1.165) is 39.1 Å². The second kappa shape index (κ2) is 9.86. The Morgan fingerprint density at radius 2 is 0.750 bits per heavy atom. The molecule has 2 heteroatoms. The molecule has 0 aliphatic heterocycles. The summed E-state index contributed by atoms with van der Waals surface area (Å²) in [5, 5.41) is 10.2. The zero-order valence-corrected chi connectivity index (χ0v) is 23.9. The van der Waals surface area contributed by atoms with Crippen molar-refractivity contribution in [1.82, 2.24) is 9.97 Å². The maximum Gasteiger partial charge on any atom is 0.0973 e. The van der Waals surface area contributed by atoms with Crippen LogP contribution in [0.1, 0.15) is 0 Å². The molecule has 2 nitrogen and oxygen atoms in total. The quantitative estimate of drug-likeness (QED) is 0.202. The van der Waals surface area contributed by atoms with E-state index in [1.165, 1.54) is 48.7 Å². The molecule has 9 rings (SSSR count). The van der Waals surface area contributed by atoms with Crippen LogP contribution in [0.15, 0.2) is 158 Å². The van der Waals surface area contributed by atoms with E-state index in [1.54, 1.807) is 0 Å². The Labute approximate surface area is 254 Å². The Balaban J connectivity index is 1.18. The third kappa shape index (κ3) is 3.96. The van der Waals surface area contributed by atoms with Crippen LogP contribution in [0.3, 0.4) is 0 Å². The molecule has 0 N–H and O–H groups in total. The predicted molar refractivity (Wildman–Crippen MR) is 186 cm³/mol. The van der Waals surface area contributed by atoms with Crippen LogP contribution in [0, 0.1) is 0 Å². The molecule has 0 fully saturated rings. The highest BCUT2D eigenvalue weighted by Crippen LogP contribution is 2.37. The van der Waals surface area contributed by atoms with E-state index < -0.39 is 0 Å². The predicted octanol–water partition coefficient (Wildman–Crippen LogP) is 11.2. The Morgan fingerprint density at radius 1 is 0.273 bits per heavy atom. The van der Waals surface area contributed by atoms with Gasteiger partial charge in [0.05, 0.1) is 22.4 Å². The molecule has 0 saturated heterocycles. The number of fused-ring (bicyclic) bond motifs is 8. The van der Waals surface area contributed by atoms with Crippen molar-refractivity contribution in [3.05, 3.63) is 158 Å². The number of aromatic nitrogens is 2. The molecule has 9 aromatic rings. The van der Waals surface area contributed by atoms with E-state index in [4.69, 9.17) is 9.97 Å². The molecule has 0 saturated carbocycles. The first kappa shape index (κ1) is 24.7. The topological polar surface area (TPSA) is 25.8 Å². The van der Waals surface area contributed by atoms with Crippen molar-refractivity contribution >= 4 is 54.1 Å². The number of nitrogens with zero attached hydrogens (tertiary/aromatic N) is 2. The van der Waals surface area contributed by atoms with Crippen molar-refractivity contribution in [3.63, 3.8) is 0 Å². The molecule has 44 heavy (non-hydrogen) atoms. The van der Waals surface area contributed by atoms with E-state index >= 15 is 0 Å². The summed E-state index contributed by atoms with van der Waals surface area (Å²) in [7, 11) is 0. The molecule has 8 aromatic carbocycles. The van der Waals surface area contributed by atoms with Crippen LogP contribution in [0.4, 0.5) is 0 Å². The van der Waals surface area contributed by atoms with Gasteiger partial charge < -0.3 is 0 Å². The minimum Gasteiger partial charge on any atom is -0.244 e. The normalized spacial score (nSPS) is 11.6. The van der Waals surface area contributed by atoms with Crippen LogP contribution in [-0.2, 0) is 0 Å². The maximum atomic E-state index is 5.20. The van der Waals surface area contributed by atoms with E-state index in [9.17, 15) is 0 Å². The van der Waals surface area contributed by atoms with Crippen LogP contribution in [0.2, 0.25) is 0 Å². The van der Waals surface area contributed by atoms with Crippen molar-refractivity contribution < 1.29 is 0 Å². The zero-order valence-electron chi connectivity index (χ0n) is 23.9. The molecular weight excluding hydrogens is 532 g/mol. The summed E-state index contributed by atoms with van der Waals surface area (Å²) in [6, 6.07) is 56.1. The third-order valence-corrected chi connectivity index (χ3v) is 8.83. The molecule has 0 radical (unpaired) electrons. The highest BCUT2D eigenvalue weighted by Gasteiger charge is 2.14. The highest BCUT2D eigenvalue weighted by molar-refractivity contribution is 6.22. The minimum atomic E-state index is 0.887. The van der Waals surface area contributed by atoms with Crippen LogP contribution in [0.25, 0.3) is 87.8 Å². The molecule has 0 unspecified atom stereocenters. The lowest BCUT2D eigenvalue weighted by molar-refractivity contribution is 1.29. The molecule has 0 aliphatic rings. The first-order chi connectivity index (χ1) is 21.8. The monoisotopic (exact) mass is 558 g/mol. The fourth-order valence-corrected chi connectivity index (χ4v) is 6.65. The highest BCUT2D eigenvalue weighted by atomic mass is 14.8. The number of rotatable bonds is 3. The van der Waals surface area contributed by atoms with Gasteiger partial charge in [-0.1, -0.05) is 140 Å². The SMILES string of the molecule is c1ccc(-c2nc3ccc(-c4ccc5c(ccc6c5ccc5c7ccccc7ccc56)c4)cc3nc2-c2ccccc2)cc1. The average molecular weight is 559 g/mol. The summed E-state index contributed by atoms with van der Waals surface area (Å²) in [5.41, 5.74) is 7.99. The van der Waals surface area contributed by atoms with E-state index in [1.807, 2.05) is 24.3 Å². The fourth-order valence-electron chi connectivity index (χ4n) is 6.65. The molecule has 0 spiro atoms. The number of benzene rings is 8. The third-order valence-electron chi connectivity index (χ3n) is 8.83. The molecule has 0 amide bonds. The zero-order chi connectivity index (χ0) is 29.0. The van der Waals surface area contributed by atoms with E-state index in [-0.39, 0.29) is 0 Å². The van der Waals surface area contributed by atoms with Gasteiger partial charge in [0, 0.05) is 11.1 Å². The van der Waals surface area contributed by atoms with Gasteiger partial charge in [-0.25, -0.2) is 9.97 Å². The molecule has 1 aromatic heterocycles. The lowest BCUT2D eigenvalue weighted by atomic mass is 9.93. The second-order valence-electron chi connectivity index (χ2n) is 11.4. The van der Waals surface area contributed by atoms with Crippen LogP contribution in [-0.4, -0.2) is 9.97 Å². The maximum absolute atomic E-state index is 5.20. The first-order valence-corrected chi connectivity index (χ1v) is 15.0. The van der Waals surface area contributed by atoms with Gasteiger partial charge in [0.2, 0.25) is 0 Å². The van der Waals surface area contributed by atoms with Gasteiger partial charge >= 0.3 is 0 Å². The molecule has 0 bridgehead atoms. The lowest BCUT2D eigenvalue weighted by Crippen LogP contribution is -1.95. The number of hydrogen-bond donors (Lipinski definition) is 0. The molecular formula is C42H26N2. The Hall–Kier alpha value is -5.86. The summed E-state index contributed by atoms with van der Waals surface area (Å²) in [4.78, 5) is 10.3. The van der Waals surface area contributed by atoms with Crippen LogP contribution >= 0.6 is 0 Å². The summed E-state index contributed by atoms with van der Waals surface area (Å²) in [5.74, 6) is 0. The molecule has 0 aliphatic carbocycles. The van der Waals surface area contributed by atoms with Gasteiger partial charge in [-0.3, -0.25) is 0 Å². The summed E-state index contributed by atoms with van der Waals surface area (Å²) in [6.07, 6.45) is 0. The van der Waals surface area contributed by atoms with E-state index in [0.29, 0.717) is 0 Å². The van der Waals surface area contributed by atoms with Crippen LogP contribution < -0.4 is 0 Å². The Kier molecular flexibility index (Phi) is 5.54. The largest absolute Gasteiger partial charge is 0.244 e. The summed E-state index contributed by atoms with van der Waals surface area (Å²) < 4.78 is 0. The van der Waals surface area contributed by atoms with Crippen molar-refractivity contribution in [2.45, 2.75) is 0 Å². The Bertz CT molecular complexity index is 2530. The smallest absolute Gasteiger partial charge is 0.0973 e. The Morgan fingerprint density at radius 3 is 1.45 bits per heavy atom. The number of hydrogen-bond acceptors (Lipinski definition) is 2. The van der Waals surface area contributed by atoms with Gasteiger partial charge in [-0.2, -0.15) is 0 Å².